The molecule has 2 atom stereocenters. The molecule has 1 aliphatic heterocycles. The van der Waals surface area contributed by atoms with E-state index >= 15 is 0 Å². The third-order valence-corrected chi connectivity index (χ3v) is 4.30. The van der Waals surface area contributed by atoms with Gasteiger partial charge in [0.15, 0.2) is 5.82 Å². The third kappa shape index (κ3) is 2.73. The second-order valence-corrected chi connectivity index (χ2v) is 5.86. The van der Waals surface area contributed by atoms with Gasteiger partial charge in [0, 0.05) is 30.8 Å². The van der Waals surface area contributed by atoms with E-state index in [4.69, 9.17) is 4.74 Å². The second kappa shape index (κ2) is 5.56. The van der Waals surface area contributed by atoms with Crippen LogP contribution >= 0.6 is 0 Å². The van der Waals surface area contributed by atoms with Gasteiger partial charge in [-0.05, 0) is 39.5 Å². The minimum absolute atomic E-state index is 0.0000802. The molecule has 20 heavy (non-hydrogen) atoms. The Labute approximate surface area is 119 Å². The molecule has 0 spiro atoms. The first-order valence-corrected chi connectivity index (χ1v) is 7.69. The fourth-order valence-corrected chi connectivity index (χ4v) is 2.94. The maximum absolute atomic E-state index is 12.3. The van der Waals surface area contributed by atoms with Crippen LogP contribution in [0, 0.1) is 5.92 Å². The van der Waals surface area contributed by atoms with Crippen LogP contribution in [0.25, 0.3) is 0 Å². The van der Waals surface area contributed by atoms with Gasteiger partial charge in [0.1, 0.15) is 0 Å². The van der Waals surface area contributed by atoms with Crippen LogP contribution in [0.4, 0.5) is 5.82 Å². The summed E-state index contributed by atoms with van der Waals surface area (Å²) in [6.45, 7) is 5.68. The quantitative estimate of drug-likeness (QED) is 0.920. The van der Waals surface area contributed by atoms with Gasteiger partial charge in [-0.2, -0.15) is 5.10 Å². The van der Waals surface area contributed by atoms with Crippen molar-refractivity contribution in [3.05, 3.63) is 11.8 Å². The van der Waals surface area contributed by atoms with Gasteiger partial charge >= 0.3 is 0 Å². The summed E-state index contributed by atoms with van der Waals surface area (Å²) in [6.07, 6.45) is 4.34. The van der Waals surface area contributed by atoms with E-state index in [0.717, 1.165) is 26.0 Å². The molecule has 0 aromatic carbocycles. The lowest BCUT2D eigenvalue weighted by Gasteiger charge is -2.27. The number of ether oxygens (including phenoxy) is 1. The molecule has 2 heterocycles. The molecule has 0 unspecified atom stereocenters. The van der Waals surface area contributed by atoms with Crippen molar-refractivity contribution < 1.29 is 9.53 Å². The number of carbonyl (C=O) groups excluding carboxylic acids is 1. The van der Waals surface area contributed by atoms with E-state index in [1.54, 1.807) is 0 Å². The second-order valence-electron chi connectivity index (χ2n) is 5.86. The van der Waals surface area contributed by atoms with Crippen molar-refractivity contribution in [2.45, 2.75) is 58.1 Å². The van der Waals surface area contributed by atoms with Gasteiger partial charge in [-0.1, -0.05) is 0 Å². The molecule has 0 radical (unpaired) electrons. The van der Waals surface area contributed by atoms with Crippen LogP contribution in [-0.2, 0) is 16.1 Å². The smallest absolute Gasteiger partial charge is 0.231 e. The van der Waals surface area contributed by atoms with Gasteiger partial charge in [0.25, 0.3) is 0 Å². The fourth-order valence-electron chi connectivity index (χ4n) is 2.94. The number of hydrogen-bond donors (Lipinski definition) is 1. The fraction of sp³-hybridized carbons (Fsp3) is 0.733. The summed E-state index contributed by atoms with van der Waals surface area (Å²) in [6, 6.07) is 2.04. The van der Waals surface area contributed by atoms with E-state index in [2.05, 4.69) is 17.3 Å². The molecule has 3 rings (SSSR count). The third-order valence-electron chi connectivity index (χ3n) is 4.30. The average Bonchev–Trinajstić information content (AvgIpc) is 3.21. The highest BCUT2D eigenvalue weighted by Crippen LogP contribution is 2.40. The first-order chi connectivity index (χ1) is 9.69. The number of aromatic nitrogens is 2. The van der Waals surface area contributed by atoms with Crippen molar-refractivity contribution in [1.29, 1.82) is 0 Å². The minimum Gasteiger partial charge on any atom is -0.378 e. The minimum atomic E-state index is -0.0556. The number of nitrogens with one attached hydrogen (secondary N) is 1. The molecule has 5 nitrogen and oxygen atoms in total. The molecule has 1 amide bonds. The summed E-state index contributed by atoms with van der Waals surface area (Å²) in [4.78, 5) is 12.3. The van der Waals surface area contributed by atoms with Crippen molar-refractivity contribution in [2.75, 3.05) is 11.9 Å². The molecule has 1 aromatic heterocycles. The maximum Gasteiger partial charge on any atom is 0.231 e. The molecular formula is C15H23N3O2. The summed E-state index contributed by atoms with van der Waals surface area (Å²) < 4.78 is 7.57. The van der Waals surface area contributed by atoms with Crippen LogP contribution in [0.1, 0.15) is 51.1 Å². The normalized spacial score (nSPS) is 26.5. The molecule has 1 saturated carbocycles. The maximum atomic E-state index is 12.3. The van der Waals surface area contributed by atoms with Crippen molar-refractivity contribution in [3.8, 4) is 0 Å². The molecule has 0 bridgehead atoms. The number of rotatable bonds is 4. The molecule has 1 aliphatic carbocycles. The number of nitrogens with zero attached hydrogens (tertiary/aromatic N) is 2. The van der Waals surface area contributed by atoms with Gasteiger partial charge in [-0.15, -0.1) is 0 Å². The SMILES string of the molecule is CCn1nc(NC(=O)[C@@H]2CCCO[C@H]2C)cc1C1CC1. The first-order valence-electron chi connectivity index (χ1n) is 7.69. The predicted octanol–water partition coefficient (Wildman–Crippen LogP) is 2.53. The predicted molar refractivity (Wildman–Crippen MR) is 76.6 cm³/mol. The summed E-state index contributed by atoms with van der Waals surface area (Å²) in [5.41, 5.74) is 1.26. The molecule has 110 valence electrons. The van der Waals surface area contributed by atoms with E-state index in [1.165, 1.54) is 18.5 Å². The summed E-state index contributed by atoms with van der Waals surface area (Å²) >= 11 is 0. The van der Waals surface area contributed by atoms with Gasteiger partial charge in [0.2, 0.25) is 5.91 Å². The van der Waals surface area contributed by atoms with E-state index in [-0.39, 0.29) is 17.9 Å². The summed E-state index contributed by atoms with van der Waals surface area (Å²) in [5, 5.41) is 7.46. The highest BCUT2D eigenvalue weighted by atomic mass is 16.5. The Kier molecular flexibility index (Phi) is 3.78. The van der Waals surface area contributed by atoms with E-state index < -0.39 is 0 Å². The first kappa shape index (κ1) is 13.6. The van der Waals surface area contributed by atoms with Crippen LogP contribution in [0.2, 0.25) is 0 Å². The summed E-state index contributed by atoms with van der Waals surface area (Å²) in [5.74, 6) is 1.32. The van der Waals surface area contributed by atoms with E-state index in [1.807, 2.05) is 17.7 Å². The lowest BCUT2D eigenvalue weighted by molar-refractivity contribution is -0.127. The summed E-state index contributed by atoms with van der Waals surface area (Å²) in [7, 11) is 0. The standard InChI is InChI=1S/C15H23N3O2/c1-3-18-13(11-6-7-11)9-14(17-18)16-15(19)12-5-4-8-20-10(12)2/h9-12H,3-8H2,1-2H3,(H,16,17,19)/t10-,12+/m0/s1. The Morgan fingerprint density at radius 1 is 1.50 bits per heavy atom. The Balaban J connectivity index is 1.69. The Morgan fingerprint density at radius 3 is 2.95 bits per heavy atom. The zero-order valence-electron chi connectivity index (χ0n) is 12.3. The van der Waals surface area contributed by atoms with Crippen LogP contribution in [-0.4, -0.2) is 28.4 Å². The Hall–Kier alpha value is -1.36. The van der Waals surface area contributed by atoms with Gasteiger partial charge in [0.05, 0.1) is 12.0 Å². The Bertz CT molecular complexity index is 493. The zero-order chi connectivity index (χ0) is 14.1. The topological polar surface area (TPSA) is 56.2 Å². The van der Waals surface area contributed by atoms with Crippen LogP contribution < -0.4 is 5.32 Å². The molecular weight excluding hydrogens is 254 g/mol. The highest BCUT2D eigenvalue weighted by molar-refractivity contribution is 5.92. The molecule has 1 N–H and O–H groups in total. The van der Waals surface area contributed by atoms with E-state index in [9.17, 15) is 4.79 Å². The highest BCUT2D eigenvalue weighted by Gasteiger charge is 2.31. The van der Waals surface area contributed by atoms with Crippen LogP contribution in [0.5, 0.6) is 0 Å². The van der Waals surface area contributed by atoms with Crippen molar-refractivity contribution >= 4 is 11.7 Å². The molecule has 2 aliphatic rings. The lowest BCUT2D eigenvalue weighted by Crippen LogP contribution is -2.36. The molecule has 5 heteroatoms. The van der Waals surface area contributed by atoms with Gasteiger partial charge in [-0.25, -0.2) is 0 Å². The Morgan fingerprint density at radius 2 is 2.30 bits per heavy atom. The van der Waals surface area contributed by atoms with Crippen molar-refractivity contribution in [3.63, 3.8) is 0 Å². The van der Waals surface area contributed by atoms with Crippen LogP contribution in [0.15, 0.2) is 6.07 Å². The average molecular weight is 277 g/mol. The largest absolute Gasteiger partial charge is 0.378 e. The number of amides is 1. The number of anilines is 1. The van der Waals surface area contributed by atoms with Crippen molar-refractivity contribution in [2.24, 2.45) is 5.92 Å². The molecule has 2 fully saturated rings. The number of aryl methyl sites for hydroxylation is 1. The van der Waals surface area contributed by atoms with Gasteiger partial charge < -0.3 is 10.1 Å². The molecule has 1 aromatic rings. The lowest BCUT2D eigenvalue weighted by atomic mass is 9.94. The van der Waals surface area contributed by atoms with Crippen molar-refractivity contribution in [1.82, 2.24) is 9.78 Å². The molecule has 1 saturated heterocycles. The zero-order valence-corrected chi connectivity index (χ0v) is 12.3. The van der Waals surface area contributed by atoms with E-state index in [0.29, 0.717) is 11.7 Å². The number of carbonyl (C=O) groups is 1. The van der Waals surface area contributed by atoms with Gasteiger partial charge in [-0.3, -0.25) is 9.48 Å². The van der Waals surface area contributed by atoms with Crippen LogP contribution in [0.3, 0.4) is 0 Å². The number of hydrogen-bond acceptors (Lipinski definition) is 3. The monoisotopic (exact) mass is 277 g/mol.